The first-order valence-corrected chi connectivity index (χ1v) is 13.8. The van der Waals surface area contributed by atoms with Crippen LogP contribution in [0.15, 0.2) is 72.8 Å². The summed E-state index contributed by atoms with van der Waals surface area (Å²) < 4.78 is 101. The topological polar surface area (TPSA) is 94.0 Å². The quantitative estimate of drug-likeness (QED) is 0.134. The van der Waals surface area contributed by atoms with Gasteiger partial charge in [0.15, 0.2) is 5.82 Å². The Morgan fingerprint density at radius 2 is 1.58 bits per heavy atom. The number of alkyl halides is 5. The highest BCUT2D eigenvalue weighted by Crippen LogP contribution is 2.40. The molecule has 1 heterocycles. The lowest BCUT2D eigenvalue weighted by atomic mass is 9.77. The van der Waals surface area contributed by atoms with Crippen molar-refractivity contribution in [3.63, 3.8) is 0 Å². The molecule has 8 nitrogen and oxygen atoms in total. The third kappa shape index (κ3) is 8.48. The summed E-state index contributed by atoms with van der Waals surface area (Å²) in [6.45, 7) is 0.211. The van der Waals surface area contributed by atoms with E-state index < -0.39 is 41.2 Å². The summed E-state index contributed by atoms with van der Waals surface area (Å²) in [5.74, 6) is -2.27. The molecule has 240 valence electrons. The van der Waals surface area contributed by atoms with E-state index in [2.05, 4.69) is 30.9 Å². The second-order valence-electron chi connectivity index (χ2n) is 10.3. The van der Waals surface area contributed by atoms with E-state index in [0.29, 0.717) is 36.7 Å². The van der Waals surface area contributed by atoms with Gasteiger partial charge in [0.1, 0.15) is 17.4 Å². The van der Waals surface area contributed by atoms with Crippen LogP contribution in [0.5, 0.6) is 5.75 Å². The molecular formula is C30H29F7N6O2. The zero-order valence-electron chi connectivity index (χ0n) is 23.9. The van der Waals surface area contributed by atoms with Gasteiger partial charge in [-0.2, -0.15) is 22.0 Å². The maximum absolute atomic E-state index is 14.9. The fraction of sp³-hybridized carbons (Fsp3) is 0.333. The van der Waals surface area contributed by atoms with Crippen LogP contribution in [-0.2, 0) is 25.4 Å². The molecule has 15 heteroatoms. The summed E-state index contributed by atoms with van der Waals surface area (Å²) >= 11 is 0. The number of rotatable bonds is 13. The van der Waals surface area contributed by atoms with Crippen molar-refractivity contribution in [2.45, 2.75) is 49.9 Å². The van der Waals surface area contributed by atoms with E-state index in [1.165, 1.54) is 12.1 Å². The van der Waals surface area contributed by atoms with Gasteiger partial charge >= 0.3 is 18.3 Å². The Kier molecular flexibility index (Phi) is 10.3. The molecule has 0 aliphatic heterocycles. The van der Waals surface area contributed by atoms with E-state index in [4.69, 9.17) is 0 Å². The van der Waals surface area contributed by atoms with Crippen molar-refractivity contribution < 1.29 is 40.3 Å². The van der Waals surface area contributed by atoms with Crippen LogP contribution in [0.1, 0.15) is 41.8 Å². The van der Waals surface area contributed by atoms with Crippen molar-refractivity contribution in [3.05, 3.63) is 107 Å². The average Bonchev–Trinajstić information content (AvgIpc) is 3.38. The molecule has 0 aliphatic rings. The van der Waals surface area contributed by atoms with Crippen LogP contribution >= 0.6 is 0 Å². The molecule has 0 spiro atoms. The van der Waals surface area contributed by atoms with Gasteiger partial charge in [0.25, 0.3) is 0 Å². The fourth-order valence-electron chi connectivity index (χ4n) is 4.75. The molecule has 1 aromatic heterocycles. The first-order valence-electron chi connectivity index (χ1n) is 13.8. The summed E-state index contributed by atoms with van der Waals surface area (Å²) in [7, 11) is 1.72. The van der Waals surface area contributed by atoms with Crippen LogP contribution in [0.25, 0.3) is 0 Å². The van der Waals surface area contributed by atoms with Gasteiger partial charge < -0.3 is 15.4 Å². The standard InChI is InChI=1S/C30H29F7N6O2/c1-43-26(40-41-42-43)10-6-3-7-15-38-27(44)39-28(19-20-8-4-2-5-9-20,21-11-13-23(31)14-12-21)22-16-24(32)18-25(17-22)45-30(36,37)29(33,34)35/h2,4-5,8-9,11-14,16-18H,3,6-7,10,15,19H2,1H3,(H2,38,39,44)/t28-/m1/s1. The molecule has 4 aromatic rings. The van der Waals surface area contributed by atoms with Gasteiger partial charge in [-0.05, 0) is 64.2 Å². The Labute approximate surface area is 253 Å². The van der Waals surface area contributed by atoms with Crippen molar-refractivity contribution in [1.82, 2.24) is 30.8 Å². The molecule has 0 bridgehead atoms. The molecule has 2 N–H and O–H groups in total. The first kappa shape index (κ1) is 33.2. The fourth-order valence-corrected chi connectivity index (χ4v) is 4.75. The van der Waals surface area contributed by atoms with Crippen molar-refractivity contribution >= 4 is 6.03 Å². The van der Waals surface area contributed by atoms with E-state index in [1.807, 2.05) is 0 Å². The molecule has 0 saturated carbocycles. The molecule has 0 saturated heterocycles. The van der Waals surface area contributed by atoms with Crippen LogP contribution in [0.3, 0.4) is 0 Å². The summed E-state index contributed by atoms with van der Waals surface area (Å²) in [6, 6.07) is 14.5. The molecule has 0 radical (unpaired) electrons. The van der Waals surface area contributed by atoms with Gasteiger partial charge in [0, 0.05) is 32.5 Å². The van der Waals surface area contributed by atoms with Gasteiger partial charge in [-0.1, -0.05) is 48.9 Å². The van der Waals surface area contributed by atoms with Crippen molar-refractivity contribution in [1.29, 1.82) is 0 Å². The number of ether oxygens (including phenoxy) is 1. The minimum atomic E-state index is -6.08. The maximum atomic E-state index is 14.9. The zero-order valence-corrected chi connectivity index (χ0v) is 23.9. The van der Waals surface area contributed by atoms with Crippen LogP contribution < -0.4 is 15.4 Å². The van der Waals surface area contributed by atoms with E-state index >= 15 is 0 Å². The molecule has 3 aromatic carbocycles. The number of carbonyl (C=O) groups is 1. The van der Waals surface area contributed by atoms with Crippen LogP contribution in [0.2, 0.25) is 0 Å². The minimum absolute atomic E-state index is 0.128. The number of aryl methyl sites for hydroxylation is 2. The molecule has 2 amide bonds. The number of aromatic nitrogens is 4. The summed E-state index contributed by atoms with van der Waals surface area (Å²) in [6.07, 6.45) is -9.22. The SMILES string of the molecule is Cn1nnnc1CCCCCNC(=O)N[C@](Cc1ccccc1)(c1ccc(F)cc1)c1cc(F)cc(OC(F)(F)C(F)(F)F)c1. The number of nitrogens with zero attached hydrogens (tertiary/aromatic N) is 4. The Balaban J connectivity index is 1.65. The number of unbranched alkanes of at least 4 members (excludes halogenated alkanes) is 2. The molecule has 45 heavy (non-hydrogen) atoms. The van der Waals surface area contributed by atoms with Gasteiger partial charge in [-0.3, -0.25) is 0 Å². The molecule has 4 rings (SSSR count). The lowest BCUT2D eigenvalue weighted by Gasteiger charge is -2.37. The van der Waals surface area contributed by atoms with Crippen LogP contribution in [-0.4, -0.2) is 45.1 Å². The van der Waals surface area contributed by atoms with Crippen LogP contribution in [0, 0.1) is 11.6 Å². The highest BCUT2D eigenvalue weighted by Gasteiger charge is 2.61. The average molecular weight is 639 g/mol. The van der Waals surface area contributed by atoms with Crippen molar-refractivity contribution in [3.8, 4) is 5.75 Å². The Hall–Kier alpha value is -4.69. The molecule has 0 unspecified atom stereocenters. The minimum Gasteiger partial charge on any atom is -0.426 e. The largest absolute Gasteiger partial charge is 0.499 e. The molecule has 0 fully saturated rings. The number of tetrazole rings is 1. The predicted octanol–water partition coefficient (Wildman–Crippen LogP) is 6.22. The third-order valence-electron chi connectivity index (χ3n) is 6.99. The van der Waals surface area contributed by atoms with Crippen molar-refractivity contribution in [2.75, 3.05) is 6.54 Å². The van der Waals surface area contributed by atoms with Gasteiger partial charge in [-0.15, -0.1) is 5.10 Å². The summed E-state index contributed by atoms with van der Waals surface area (Å²) in [4.78, 5) is 13.3. The maximum Gasteiger partial charge on any atom is 0.499 e. The number of amides is 2. The number of nitrogens with one attached hydrogen (secondary N) is 2. The Morgan fingerprint density at radius 3 is 2.22 bits per heavy atom. The second kappa shape index (κ2) is 13.9. The van der Waals surface area contributed by atoms with E-state index in [0.717, 1.165) is 30.7 Å². The number of hydrogen-bond acceptors (Lipinski definition) is 5. The number of benzene rings is 3. The Bertz CT molecular complexity index is 1570. The normalized spacial score (nSPS) is 13.2. The van der Waals surface area contributed by atoms with E-state index in [1.54, 1.807) is 42.1 Å². The summed E-state index contributed by atoms with van der Waals surface area (Å²) in [5.41, 5.74) is -1.24. The van der Waals surface area contributed by atoms with Gasteiger partial charge in [-0.25, -0.2) is 18.3 Å². The lowest BCUT2D eigenvalue weighted by molar-refractivity contribution is -0.360. The van der Waals surface area contributed by atoms with Gasteiger partial charge in [0.05, 0.1) is 5.54 Å². The van der Waals surface area contributed by atoms with Crippen LogP contribution in [0.4, 0.5) is 35.5 Å². The smallest absolute Gasteiger partial charge is 0.426 e. The zero-order chi connectivity index (χ0) is 32.7. The molecular weight excluding hydrogens is 609 g/mol. The highest BCUT2D eigenvalue weighted by atomic mass is 19.4. The van der Waals surface area contributed by atoms with E-state index in [-0.39, 0.29) is 24.1 Å². The predicted molar refractivity (Wildman–Crippen MR) is 148 cm³/mol. The molecule has 0 aliphatic carbocycles. The lowest BCUT2D eigenvalue weighted by Crippen LogP contribution is -2.52. The molecule has 1 atom stereocenters. The number of halogens is 7. The van der Waals surface area contributed by atoms with Crippen molar-refractivity contribution in [2.24, 2.45) is 7.05 Å². The third-order valence-corrected chi connectivity index (χ3v) is 6.99. The number of hydrogen-bond donors (Lipinski definition) is 2. The Morgan fingerprint density at radius 1 is 0.867 bits per heavy atom. The van der Waals surface area contributed by atoms with Gasteiger partial charge in [0.2, 0.25) is 0 Å². The number of urea groups is 1. The van der Waals surface area contributed by atoms with E-state index in [9.17, 15) is 35.5 Å². The number of carbonyl (C=O) groups excluding carboxylic acids is 1. The monoisotopic (exact) mass is 638 g/mol. The highest BCUT2D eigenvalue weighted by molar-refractivity contribution is 5.76. The summed E-state index contributed by atoms with van der Waals surface area (Å²) in [5, 5.41) is 16.7. The first-order chi connectivity index (χ1) is 21.3. The second-order valence-corrected chi connectivity index (χ2v) is 10.3.